The Morgan fingerprint density at radius 3 is 2.94 bits per heavy atom. The van der Waals surface area contributed by atoms with Gasteiger partial charge in [-0.2, -0.15) is 0 Å². The molecule has 0 atom stereocenters. The van der Waals surface area contributed by atoms with Crippen LogP contribution in [0.5, 0.6) is 0 Å². The minimum absolute atomic E-state index is 0.271. The first kappa shape index (κ1) is 11.9. The quantitative estimate of drug-likeness (QED) is 0.499. The summed E-state index contributed by atoms with van der Waals surface area (Å²) >= 11 is 5.23. The first-order valence-corrected chi connectivity index (χ1v) is 6.95. The highest BCUT2D eigenvalue weighted by Crippen LogP contribution is 2.52. The molecule has 1 saturated carbocycles. The van der Waals surface area contributed by atoms with Crippen LogP contribution in [0.1, 0.15) is 19.3 Å². The predicted molar refractivity (Wildman–Crippen MR) is 70.9 cm³/mol. The topological polar surface area (TPSA) is 62.8 Å². The summed E-state index contributed by atoms with van der Waals surface area (Å²) < 4.78 is 1.04. The molecular formula is C11H14BrN3S. The number of thioether (sulfide) groups is 1. The highest BCUT2D eigenvalue weighted by molar-refractivity contribution is 9.10. The number of nitrogens with two attached hydrogens (primary N) is 1. The molecule has 0 spiro atoms. The lowest BCUT2D eigenvalue weighted by molar-refractivity contribution is 0.611. The zero-order valence-electron chi connectivity index (χ0n) is 8.87. The van der Waals surface area contributed by atoms with Crippen molar-refractivity contribution in [1.29, 1.82) is 5.41 Å². The van der Waals surface area contributed by atoms with Gasteiger partial charge in [-0.05, 0) is 46.3 Å². The molecule has 1 fully saturated rings. The molecular weight excluding hydrogens is 286 g/mol. The molecule has 5 heteroatoms. The average Bonchev–Trinajstić information content (AvgIpc) is 2.96. The van der Waals surface area contributed by atoms with Gasteiger partial charge in [-0.25, -0.2) is 4.98 Å². The third-order valence-corrected chi connectivity index (χ3v) is 5.02. The van der Waals surface area contributed by atoms with Crippen LogP contribution in [0, 0.1) is 10.8 Å². The fraction of sp³-hybridized carbons (Fsp3) is 0.455. The number of rotatable bonds is 5. The molecule has 1 heterocycles. The van der Waals surface area contributed by atoms with Crippen molar-refractivity contribution in [3.8, 4) is 0 Å². The van der Waals surface area contributed by atoms with Gasteiger partial charge in [0.15, 0.2) is 0 Å². The molecule has 0 bridgehead atoms. The van der Waals surface area contributed by atoms with E-state index in [4.69, 9.17) is 11.1 Å². The van der Waals surface area contributed by atoms with Crippen molar-refractivity contribution >= 4 is 33.5 Å². The van der Waals surface area contributed by atoms with Gasteiger partial charge in [-0.1, -0.05) is 0 Å². The van der Waals surface area contributed by atoms with Gasteiger partial charge in [-0.15, -0.1) is 11.8 Å². The van der Waals surface area contributed by atoms with Crippen molar-refractivity contribution in [1.82, 2.24) is 4.98 Å². The van der Waals surface area contributed by atoms with E-state index in [-0.39, 0.29) is 5.41 Å². The van der Waals surface area contributed by atoms with Crippen LogP contribution in [0.2, 0.25) is 0 Å². The van der Waals surface area contributed by atoms with E-state index in [9.17, 15) is 0 Å². The van der Waals surface area contributed by atoms with Gasteiger partial charge in [0.25, 0.3) is 0 Å². The van der Waals surface area contributed by atoms with Crippen LogP contribution >= 0.6 is 27.7 Å². The Morgan fingerprint density at radius 2 is 2.38 bits per heavy atom. The molecule has 1 aromatic rings. The second-order valence-corrected chi connectivity index (χ2v) is 6.10. The summed E-state index contributed by atoms with van der Waals surface area (Å²) in [4.78, 5) is 4.32. The lowest BCUT2D eigenvalue weighted by Gasteiger charge is -2.13. The number of aromatic nitrogens is 1. The van der Waals surface area contributed by atoms with Crippen LogP contribution in [0.3, 0.4) is 0 Å². The highest BCUT2D eigenvalue weighted by atomic mass is 79.9. The standard InChI is InChI=1S/C11H14BrN3S/c12-8-2-1-5-15-10(8)16-7-11(3-4-11)6-9(13)14/h1-2,5H,3-4,6-7H2,(H3,13,14). The molecule has 3 N–H and O–H groups in total. The van der Waals surface area contributed by atoms with Gasteiger partial charge in [0.05, 0.1) is 5.84 Å². The Labute approximate surface area is 108 Å². The van der Waals surface area contributed by atoms with E-state index < -0.39 is 0 Å². The summed E-state index contributed by atoms with van der Waals surface area (Å²) in [5.41, 5.74) is 5.74. The lowest BCUT2D eigenvalue weighted by Crippen LogP contribution is -2.18. The van der Waals surface area contributed by atoms with E-state index in [0.717, 1.165) is 21.7 Å². The van der Waals surface area contributed by atoms with Crippen LogP contribution in [0.25, 0.3) is 0 Å². The van der Waals surface area contributed by atoms with E-state index in [2.05, 4.69) is 20.9 Å². The van der Waals surface area contributed by atoms with Crippen molar-refractivity contribution in [2.45, 2.75) is 24.3 Å². The van der Waals surface area contributed by atoms with Gasteiger partial charge in [0, 0.05) is 22.8 Å². The maximum atomic E-state index is 7.36. The molecule has 16 heavy (non-hydrogen) atoms. The number of hydrogen-bond donors (Lipinski definition) is 2. The van der Waals surface area contributed by atoms with Crippen LogP contribution in [-0.2, 0) is 0 Å². The van der Waals surface area contributed by atoms with Crippen molar-refractivity contribution in [3.05, 3.63) is 22.8 Å². The van der Waals surface area contributed by atoms with Gasteiger partial charge in [-0.3, -0.25) is 5.41 Å². The largest absolute Gasteiger partial charge is 0.388 e. The van der Waals surface area contributed by atoms with E-state index in [1.165, 1.54) is 12.8 Å². The third kappa shape index (κ3) is 2.98. The molecule has 0 unspecified atom stereocenters. The predicted octanol–water partition coefficient (Wildman–Crippen LogP) is 3.04. The van der Waals surface area contributed by atoms with Crippen LogP contribution in [0.4, 0.5) is 0 Å². The van der Waals surface area contributed by atoms with Gasteiger partial charge >= 0.3 is 0 Å². The van der Waals surface area contributed by atoms with Gasteiger partial charge in [0.1, 0.15) is 5.03 Å². The zero-order valence-corrected chi connectivity index (χ0v) is 11.3. The molecule has 0 aliphatic heterocycles. The Morgan fingerprint density at radius 1 is 1.62 bits per heavy atom. The molecule has 3 nitrogen and oxygen atoms in total. The smallest absolute Gasteiger partial charge is 0.110 e. The monoisotopic (exact) mass is 299 g/mol. The molecule has 1 aromatic heterocycles. The van der Waals surface area contributed by atoms with Crippen LogP contribution < -0.4 is 5.73 Å². The molecule has 0 saturated heterocycles. The third-order valence-electron chi connectivity index (χ3n) is 2.76. The molecule has 2 rings (SSSR count). The van der Waals surface area contributed by atoms with E-state index in [1.54, 1.807) is 18.0 Å². The normalized spacial score (nSPS) is 17.1. The number of hydrogen-bond acceptors (Lipinski definition) is 3. The number of amidine groups is 1. The second kappa shape index (κ2) is 4.75. The Balaban J connectivity index is 1.93. The first-order valence-electron chi connectivity index (χ1n) is 5.18. The first-order chi connectivity index (χ1) is 7.61. The Kier molecular flexibility index (Phi) is 3.54. The van der Waals surface area contributed by atoms with Gasteiger partial charge < -0.3 is 5.73 Å². The molecule has 1 aliphatic carbocycles. The van der Waals surface area contributed by atoms with Gasteiger partial charge in [0.2, 0.25) is 0 Å². The molecule has 0 aromatic carbocycles. The van der Waals surface area contributed by atoms with Crippen LogP contribution in [0.15, 0.2) is 27.8 Å². The van der Waals surface area contributed by atoms with E-state index >= 15 is 0 Å². The SMILES string of the molecule is N=C(N)CC1(CSc2ncccc2Br)CC1. The van der Waals surface area contributed by atoms with Crippen molar-refractivity contribution < 1.29 is 0 Å². The van der Waals surface area contributed by atoms with Crippen molar-refractivity contribution in [2.24, 2.45) is 11.1 Å². The molecule has 1 aliphatic rings. The van der Waals surface area contributed by atoms with E-state index in [0.29, 0.717) is 5.84 Å². The second-order valence-electron chi connectivity index (χ2n) is 4.28. The summed E-state index contributed by atoms with van der Waals surface area (Å²) in [7, 11) is 0. The maximum absolute atomic E-state index is 7.36. The minimum atomic E-state index is 0.271. The maximum Gasteiger partial charge on any atom is 0.110 e. The average molecular weight is 300 g/mol. The lowest BCUT2D eigenvalue weighted by atomic mass is 10.1. The summed E-state index contributed by atoms with van der Waals surface area (Å²) in [6.07, 6.45) is 4.90. The Bertz CT molecular complexity index is 404. The summed E-state index contributed by atoms with van der Waals surface area (Å²) in [5, 5.41) is 8.38. The van der Waals surface area contributed by atoms with Crippen molar-refractivity contribution in [2.75, 3.05) is 5.75 Å². The van der Waals surface area contributed by atoms with Crippen LogP contribution in [-0.4, -0.2) is 16.6 Å². The molecule has 86 valence electrons. The molecule has 0 radical (unpaired) electrons. The fourth-order valence-electron chi connectivity index (χ4n) is 1.65. The summed E-state index contributed by atoms with van der Waals surface area (Å²) in [5.74, 6) is 1.31. The summed E-state index contributed by atoms with van der Waals surface area (Å²) in [6.45, 7) is 0. The summed E-state index contributed by atoms with van der Waals surface area (Å²) in [6, 6.07) is 3.91. The minimum Gasteiger partial charge on any atom is -0.388 e. The Hall–Kier alpha value is -0.550. The number of nitrogens with one attached hydrogen (secondary N) is 1. The number of halogens is 1. The number of nitrogens with zero attached hydrogens (tertiary/aromatic N) is 1. The number of pyridine rings is 1. The zero-order chi connectivity index (χ0) is 11.6. The molecule has 0 amide bonds. The van der Waals surface area contributed by atoms with Crippen molar-refractivity contribution in [3.63, 3.8) is 0 Å². The highest BCUT2D eigenvalue weighted by Gasteiger charge is 2.42. The fourth-order valence-corrected chi connectivity index (χ4v) is 3.43. The van der Waals surface area contributed by atoms with E-state index in [1.807, 2.05) is 12.1 Å².